The number of aliphatic hydroxyl groups is 1. The quantitative estimate of drug-likeness (QED) is 0.414. The van der Waals surface area contributed by atoms with E-state index in [1.807, 2.05) is 0 Å². The number of aliphatic hydroxyl groups excluding tert-OH is 1. The molecule has 2 aliphatic rings. The number of anilines is 1. The molecule has 0 radical (unpaired) electrons. The van der Waals surface area contributed by atoms with Crippen LogP contribution in [0.1, 0.15) is 11.8 Å². The standard InChI is InChI=1S/C17H15F5N3O7P/c18-9-5-25(15(27)24-12(9)23)13-11(26)17(21,22)16(31-13,14(19)20)7-30-33(28)29-6-8-3-1-2-4-10(8)32-33/h1-5,11,13-14,26,28H,6-7H2,(H-,23,24,27)/p+1/t11-,13-,16+,33?/m1/s1. The molecular formula is C17H16F5N3O7P+. The van der Waals surface area contributed by atoms with Crippen LogP contribution in [-0.4, -0.2) is 50.2 Å². The molecule has 4 N–H and O–H groups in total. The number of nitrogens with two attached hydrogens (primary N) is 1. The number of nitrogen functional groups attached to an aromatic ring is 1. The zero-order valence-corrected chi connectivity index (χ0v) is 17.2. The van der Waals surface area contributed by atoms with Crippen molar-refractivity contribution in [2.75, 3.05) is 12.3 Å². The summed E-state index contributed by atoms with van der Waals surface area (Å²) in [7, 11) is -4.41. The van der Waals surface area contributed by atoms with Gasteiger partial charge in [0.1, 0.15) is 13.2 Å². The number of nitrogens with zero attached hydrogens (tertiary/aromatic N) is 2. The lowest BCUT2D eigenvalue weighted by atomic mass is 9.95. The Labute approximate surface area is 181 Å². The minimum Gasteiger partial charge on any atom is -0.382 e. The van der Waals surface area contributed by atoms with Gasteiger partial charge in [0.25, 0.3) is 6.43 Å². The van der Waals surface area contributed by atoms with Crippen molar-refractivity contribution in [1.29, 1.82) is 0 Å². The van der Waals surface area contributed by atoms with Crippen molar-refractivity contribution >= 4 is 14.0 Å². The van der Waals surface area contributed by atoms with E-state index in [1.165, 1.54) is 12.1 Å². The second-order valence-corrected chi connectivity index (χ2v) is 8.78. The maximum absolute atomic E-state index is 14.9. The highest BCUT2D eigenvalue weighted by Gasteiger charge is 2.75. The maximum Gasteiger partial charge on any atom is 0.619 e. The van der Waals surface area contributed by atoms with Gasteiger partial charge in [0.05, 0.1) is 6.20 Å². The molecule has 16 heteroatoms. The average molecular weight is 500 g/mol. The Bertz CT molecular complexity index is 1120. The number of para-hydroxylation sites is 1. The molecule has 4 atom stereocenters. The SMILES string of the molecule is Nc1nc(=O)n([C@@H]2O[C@@](CO[P+]3(O)OCc4ccccc4O3)(C(F)F)C(F)(F)[C@@H]2O)cc1F. The molecule has 1 fully saturated rings. The molecule has 3 heterocycles. The van der Waals surface area contributed by atoms with E-state index >= 15 is 0 Å². The van der Waals surface area contributed by atoms with Crippen LogP contribution in [0.3, 0.4) is 0 Å². The molecule has 1 unspecified atom stereocenters. The van der Waals surface area contributed by atoms with Gasteiger partial charge in [-0.05, 0) is 6.07 Å². The normalized spacial score (nSPS) is 30.8. The van der Waals surface area contributed by atoms with Crippen molar-refractivity contribution in [2.24, 2.45) is 0 Å². The average Bonchev–Trinajstić information content (AvgIpc) is 2.96. The number of ether oxygens (including phenoxy) is 1. The minimum absolute atomic E-state index is 0.0577. The van der Waals surface area contributed by atoms with E-state index in [4.69, 9.17) is 24.0 Å². The van der Waals surface area contributed by atoms with Gasteiger partial charge in [-0.2, -0.15) is 18.7 Å². The summed E-state index contributed by atoms with van der Waals surface area (Å²) < 4.78 is 91.4. The Balaban J connectivity index is 1.64. The molecule has 0 spiro atoms. The van der Waals surface area contributed by atoms with Crippen LogP contribution in [0.2, 0.25) is 0 Å². The number of aromatic nitrogens is 2. The van der Waals surface area contributed by atoms with Crippen molar-refractivity contribution in [1.82, 2.24) is 9.55 Å². The molecule has 4 rings (SSSR count). The van der Waals surface area contributed by atoms with Crippen molar-refractivity contribution in [3.05, 3.63) is 52.3 Å². The summed E-state index contributed by atoms with van der Waals surface area (Å²) in [6.45, 7) is -1.99. The highest BCUT2D eigenvalue weighted by Crippen LogP contribution is 2.63. The van der Waals surface area contributed by atoms with Crippen molar-refractivity contribution in [3.63, 3.8) is 0 Å². The van der Waals surface area contributed by atoms with Crippen LogP contribution in [0.5, 0.6) is 5.75 Å². The van der Waals surface area contributed by atoms with Crippen LogP contribution in [0.25, 0.3) is 0 Å². The van der Waals surface area contributed by atoms with Gasteiger partial charge in [-0.1, -0.05) is 18.2 Å². The number of rotatable bonds is 5. The lowest BCUT2D eigenvalue weighted by Gasteiger charge is -2.32. The van der Waals surface area contributed by atoms with E-state index in [0.717, 1.165) is 0 Å². The first-order chi connectivity index (χ1) is 15.4. The Morgan fingerprint density at radius 2 is 2.06 bits per heavy atom. The smallest absolute Gasteiger partial charge is 0.382 e. The van der Waals surface area contributed by atoms with E-state index in [1.54, 1.807) is 12.1 Å². The number of benzene rings is 1. The van der Waals surface area contributed by atoms with E-state index in [-0.39, 0.29) is 23.1 Å². The molecule has 1 aromatic heterocycles. The fourth-order valence-electron chi connectivity index (χ4n) is 3.28. The number of fused-ring (bicyclic) bond motifs is 1. The first-order valence-corrected chi connectivity index (χ1v) is 10.6. The molecule has 2 aromatic rings. The summed E-state index contributed by atoms with van der Waals surface area (Å²) in [6.07, 6.45) is -9.28. The second-order valence-electron chi connectivity index (χ2n) is 7.14. The minimum atomic E-state index is -4.75. The number of hydrogen-bond acceptors (Lipinski definition) is 9. The van der Waals surface area contributed by atoms with E-state index < -0.39 is 62.4 Å². The van der Waals surface area contributed by atoms with Gasteiger partial charge < -0.3 is 15.6 Å². The lowest BCUT2D eigenvalue weighted by Crippen LogP contribution is -2.57. The zero-order chi connectivity index (χ0) is 24.2. The fraction of sp³-hybridized carbons (Fsp3) is 0.412. The molecule has 1 aromatic carbocycles. The third-order valence-electron chi connectivity index (χ3n) is 5.11. The summed E-state index contributed by atoms with van der Waals surface area (Å²) >= 11 is 0. The Kier molecular flexibility index (Phi) is 5.83. The molecule has 0 amide bonds. The van der Waals surface area contributed by atoms with Crippen LogP contribution < -0.4 is 15.9 Å². The molecule has 0 bridgehead atoms. The molecule has 180 valence electrons. The summed E-state index contributed by atoms with van der Waals surface area (Å²) in [6, 6.07) is 6.14. The molecule has 33 heavy (non-hydrogen) atoms. The van der Waals surface area contributed by atoms with Crippen molar-refractivity contribution in [2.45, 2.75) is 36.9 Å². The van der Waals surface area contributed by atoms with Gasteiger partial charge in [0.15, 0.2) is 29.7 Å². The van der Waals surface area contributed by atoms with Gasteiger partial charge in [0.2, 0.25) is 5.60 Å². The largest absolute Gasteiger partial charge is 0.619 e. The first kappa shape index (κ1) is 23.7. The first-order valence-electron chi connectivity index (χ1n) is 9.14. The van der Waals surface area contributed by atoms with E-state index in [2.05, 4.69) is 4.98 Å². The van der Waals surface area contributed by atoms with E-state index in [0.29, 0.717) is 5.56 Å². The monoisotopic (exact) mass is 500 g/mol. The Morgan fingerprint density at radius 1 is 1.36 bits per heavy atom. The number of halogens is 5. The number of alkyl halides is 4. The van der Waals surface area contributed by atoms with Gasteiger partial charge in [-0.3, -0.25) is 9.09 Å². The van der Waals surface area contributed by atoms with Crippen molar-refractivity contribution < 1.29 is 50.3 Å². The molecule has 10 nitrogen and oxygen atoms in total. The van der Waals surface area contributed by atoms with Crippen LogP contribution >= 0.6 is 8.17 Å². The van der Waals surface area contributed by atoms with Gasteiger partial charge >= 0.3 is 19.8 Å². The second kappa shape index (κ2) is 8.11. The third-order valence-corrected chi connectivity index (χ3v) is 6.45. The molecule has 0 aliphatic carbocycles. The van der Waals surface area contributed by atoms with Crippen LogP contribution in [0, 0.1) is 5.82 Å². The summed E-state index contributed by atoms with van der Waals surface area (Å²) in [4.78, 5) is 25.4. The predicted molar refractivity (Wildman–Crippen MR) is 99.6 cm³/mol. The topological polar surface area (TPSA) is 138 Å². The summed E-state index contributed by atoms with van der Waals surface area (Å²) in [5.74, 6) is -6.89. The van der Waals surface area contributed by atoms with Crippen LogP contribution in [0.15, 0.2) is 35.3 Å². The maximum atomic E-state index is 14.9. The number of hydrogen-bond donors (Lipinski definition) is 3. The molecular weight excluding hydrogens is 484 g/mol. The van der Waals surface area contributed by atoms with Crippen LogP contribution in [-0.2, 0) is 20.4 Å². The zero-order valence-electron chi connectivity index (χ0n) is 16.3. The lowest BCUT2D eigenvalue weighted by molar-refractivity contribution is -0.243. The summed E-state index contributed by atoms with van der Waals surface area (Å²) in [5, 5.41) is 10.0. The summed E-state index contributed by atoms with van der Waals surface area (Å²) in [5.41, 5.74) is 0.266. The third kappa shape index (κ3) is 3.84. The van der Waals surface area contributed by atoms with Gasteiger partial charge in [-0.15, -0.1) is 9.05 Å². The molecule has 0 saturated carbocycles. The van der Waals surface area contributed by atoms with E-state index in [9.17, 15) is 36.7 Å². The highest BCUT2D eigenvalue weighted by molar-refractivity contribution is 7.55. The van der Waals surface area contributed by atoms with Gasteiger partial charge in [0, 0.05) is 5.56 Å². The van der Waals surface area contributed by atoms with Crippen molar-refractivity contribution in [3.8, 4) is 5.75 Å². The Morgan fingerprint density at radius 3 is 2.76 bits per heavy atom. The molecule has 2 aliphatic heterocycles. The highest BCUT2D eigenvalue weighted by atomic mass is 31.2. The van der Waals surface area contributed by atoms with Gasteiger partial charge in [-0.25, -0.2) is 18.0 Å². The Hall–Kier alpha value is -2.42. The predicted octanol–water partition coefficient (Wildman–Crippen LogP) is 1.79. The fourth-order valence-corrected chi connectivity index (χ4v) is 4.55. The van der Waals surface area contributed by atoms with Crippen LogP contribution in [0.4, 0.5) is 27.8 Å². The molecule has 1 saturated heterocycles.